The number of benzene rings is 1. The van der Waals surface area contributed by atoms with Gasteiger partial charge in [-0.1, -0.05) is 37.6 Å². The molecule has 0 aliphatic carbocycles. The van der Waals surface area contributed by atoms with Crippen molar-refractivity contribution in [3.63, 3.8) is 0 Å². The first-order valence-corrected chi connectivity index (χ1v) is 8.42. The minimum absolute atomic E-state index is 0.176. The van der Waals surface area contributed by atoms with Gasteiger partial charge in [0.1, 0.15) is 5.84 Å². The molecule has 3 rings (SSSR count). The van der Waals surface area contributed by atoms with Gasteiger partial charge in [-0.15, -0.1) is 10.2 Å². The van der Waals surface area contributed by atoms with Crippen LogP contribution in [0.1, 0.15) is 48.6 Å². The van der Waals surface area contributed by atoms with Crippen LogP contribution in [-0.2, 0) is 0 Å². The third kappa shape index (κ3) is 3.07. The fourth-order valence-electron chi connectivity index (χ4n) is 3.24. The first-order valence-electron chi connectivity index (χ1n) is 8.42. The van der Waals surface area contributed by atoms with Gasteiger partial charge >= 0.3 is 0 Å². The van der Waals surface area contributed by atoms with Gasteiger partial charge in [-0.3, -0.25) is 0 Å². The molecule has 1 unspecified atom stereocenters. The van der Waals surface area contributed by atoms with Gasteiger partial charge in [-0.25, -0.2) is 4.99 Å². The van der Waals surface area contributed by atoms with Crippen LogP contribution >= 0.6 is 0 Å². The Morgan fingerprint density at radius 2 is 1.96 bits per heavy atom. The summed E-state index contributed by atoms with van der Waals surface area (Å²) in [7, 11) is 0. The average molecular weight is 337 g/mol. The van der Waals surface area contributed by atoms with Gasteiger partial charge in [-0.05, 0) is 24.5 Å². The molecule has 1 aromatic carbocycles. The minimum Gasteiger partial charge on any atom is -0.421 e. The van der Waals surface area contributed by atoms with Crippen molar-refractivity contribution in [3.05, 3.63) is 64.6 Å². The monoisotopic (exact) mass is 337 g/mol. The minimum atomic E-state index is -0.176. The fourth-order valence-corrected chi connectivity index (χ4v) is 3.24. The molecule has 0 saturated heterocycles. The molecule has 2 aromatic rings. The van der Waals surface area contributed by atoms with Crippen molar-refractivity contribution in [2.75, 3.05) is 0 Å². The lowest BCUT2D eigenvalue weighted by molar-refractivity contribution is 0.501. The van der Waals surface area contributed by atoms with Crippen molar-refractivity contribution >= 4 is 11.4 Å². The van der Waals surface area contributed by atoms with Crippen molar-refractivity contribution < 1.29 is 4.42 Å². The molecule has 6 heteroatoms. The predicted molar refractivity (Wildman–Crippen MR) is 98.7 cm³/mol. The van der Waals surface area contributed by atoms with Crippen molar-refractivity contribution in [1.29, 1.82) is 0 Å². The van der Waals surface area contributed by atoms with Gasteiger partial charge < -0.3 is 15.9 Å². The Morgan fingerprint density at radius 1 is 1.20 bits per heavy atom. The Bertz CT molecular complexity index is 875. The lowest BCUT2D eigenvalue weighted by Gasteiger charge is -2.28. The number of nitrogens with zero attached hydrogens (tertiary/aromatic N) is 3. The van der Waals surface area contributed by atoms with Crippen LogP contribution < -0.4 is 11.5 Å². The molecule has 130 valence electrons. The summed E-state index contributed by atoms with van der Waals surface area (Å²) in [5.74, 6) is 1.26. The summed E-state index contributed by atoms with van der Waals surface area (Å²) in [4.78, 5) is 4.59. The van der Waals surface area contributed by atoms with Crippen LogP contribution in [0.15, 0.2) is 51.1 Å². The molecule has 0 spiro atoms. The first-order chi connectivity index (χ1) is 12.1. The number of hydrogen-bond donors (Lipinski definition) is 2. The van der Waals surface area contributed by atoms with E-state index in [4.69, 9.17) is 15.9 Å². The summed E-state index contributed by atoms with van der Waals surface area (Å²) in [5.41, 5.74) is 16.9. The highest BCUT2D eigenvalue weighted by Crippen LogP contribution is 2.44. The molecule has 0 amide bonds. The predicted octanol–water partition coefficient (Wildman–Crippen LogP) is 3.19. The molecule has 0 radical (unpaired) electrons. The number of hydrogen-bond acceptors (Lipinski definition) is 6. The number of allylic oxidation sites excluding steroid dienone is 2. The maximum Gasteiger partial charge on any atom is 0.246 e. The molecule has 1 aliphatic heterocycles. The van der Waals surface area contributed by atoms with E-state index in [1.54, 1.807) is 6.92 Å². The summed E-state index contributed by atoms with van der Waals surface area (Å²) in [6.45, 7) is 5.95. The second kappa shape index (κ2) is 6.93. The van der Waals surface area contributed by atoms with Gasteiger partial charge in [0.15, 0.2) is 0 Å². The van der Waals surface area contributed by atoms with E-state index in [9.17, 15) is 0 Å². The Hall–Kier alpha value is -2.89. The molecule has 4 N–H and O–H groups in total. The number of amidine groups is 1. The molecule has 1 aromatic heterocycles. The molecule has 25 heavy (non-hydrogen) atoms. The Kier molecular flexibility index (Phi) is 4.70. The van der Waals surface area contributed by atoms with E-state index in [2.05, 4.69) is 41.2 Å². The summed E-state index contributed by atoms with van der Waals surface area (Å²) < 4.78 is 5.76. The van der Waals surface area contributed by atoms with Crippen LogP contribution in [0, 0.1) is 13.8 Å². The molecule has 1 atom stereocenters. The van der Waals surface area contributed by atoms with E-state index in [1.807, 2.05) is 12.1 Å². The Morgan fingerprint density at radius 3 is 2.56 bits per heavy atom. The lowest BCUT2D eigenvalue weighted by atomic mass is 9.79. The average Bonchev–Trinajstić information content (AvgIpc) is 3.01. The van der Waals surface area contributed by atoms with Crippen LogP contribution in [0.5, 0.6) is 0 Å². The Balaban J connectivity index is 2.30. The van der Waals surface area contributed by atoms with Crippen molar-refractivity contribution in [1.82, 2.24) is 10.2 Å². The van der Waals surface area contributed by atoms with Gasteiger partial charge in [0, 0.05) is 24.6 Å². The zero-order valence-corrected chi connectivity index (χ0v) is 14.8. The van der Waals surface area contributed by atoms with E-state index < -0.39 is 0 Å². The van der Waals surface area contributed by atoms with Crippen LogP contribution in [0.2, 0.25) is 0 Å². The van der Waals surface area contributed by atoms with E-state index in [0.29, 0.717) is 17.6 Å². The SMILES string of the molecule is CCCC1=C(c2nnc(C)o2)C(c2ccccc2C)/C(=C/N)C(N)=N1. The zero-order chi connectivity index (χ0) is 18.0. The van der Waals surface area contributed by atoms with Crippen molar-refractivity contribution in [2.45, 2.75) is 39.5 Å². The highest BCUT2D eigenvalue weighted by molar-refractivity contribution is 6.04. The van der Waals surface area contributed by atoms with Crippen molar-refractivity contribution in [2.24, 2.45) is 16.5 Å². The lowest BCUT2D eigenvalue weighted by Crippen LogP contribution is -2.27. The number of aromatic nitrogens is 2. The second-order valence-corrected chi connectivity index (χ2v) is 6.15. The van der Waals surface area contributed by atoms with Crippen LogP contribution in [0.4, 0.5) is 0 Å². The van der Waals surface area contributed by atoms with Crippen molar-refractivity contribution in [3.8, 4) is 0 Å². The molecule has 0 saturated carbocycles. The molecule has 6 nitrogen and oxygen atoms in total. The molecule has 1 aliphatic rings. The molecule has 2 heterocycles. The molecule has 0 bridgehead atoms. The number of aliphatic imine (C=N–C) groups is 1. The van der Waals surface area contributed by atoms with E-state index >= 15 is 0 Å². The highest BCUT2D eigenvalue weighted by Gasteiger charge is 2.34. The second-order valence-electron chi connectivity index (χ2n) is 6.15. The van der Waals surface area contributed by atoms with E-state index in [-0.39, 0.29) is 5.92 Å². The largest absolute Gasteiger partial charge is 0.421 e. The Labute approximate surface area is 147 Å². The van der Waals surface area contributed by atoms with Crippen LogP contribution in [0.3, 0.4) is 0 Å². The summed E-state index contributed by atoms with van der Waals surface area (Å²) in [5, 5.41) is 8.24. The molecular weight excluding hydrogens is 314 g/mol. The highest BCUT2D eigenvalue weighted by atomic mass is 16.4. The molecule has 0 fully saturated rings. The van der Waals surface area contributed by atoms with Gasteiger partial charge in [0.25, 0.3) is 0 Å². The number of rotatable bonds is 4. The van der Waals surface area contributed by atoms with E-state index in [1.165, 1.54) is 6.20 Å². The quantitative estimate of drug-likeness (QED) is 0.891. The topological polar surface area (TPSA) is 103 Å². The first kappa shape index (κ1) is 17.0. The summed E-state index contributed by atoms with van der Waals surface area (Å²) in [6.07, 6.45) is 3.24. The van der Waals surface area contributed by atoms with Crippen LogP contribution in [0.25, 0.3) is 5.57 Å². The third-order valence-electron chi connectivity index (χ3n) is 4.38. The standard InChI is InChI=1S/C19H23N5O/c1-4-7-15-17(19-24-23-12(3)25-19)16(14(10-20)18(21)22-15)13-9-6-5-8-11(13)2/h5-6,8-10,16H,4,7,20H2,1-3H3,(H2,21,22)/b14-10-. The van der Waals surface area contributed by atoms with Gasteiger partial charge in [0.05, 0.1) is 11.3 Å². The smallest absolute Gasteiger partial charge is 0.246 e. The zero-order valence-electron chi connectivity index (χ0n) is 14.8. The normalized spacial score (nSPS) is 19.4. The maximum absolute atomic E-state index is 6.23. The maximum atomic E-state index is 6.23. The van der Waals surface area contributed by atoms with Gasteiger partial charge in [0.2, 0.25) is 11.8 Å². The molecular formula is C19H23N5O. The number of aryl methyl sites for hydroxylation is 2. The van der Waals surface area contributed by atoms with E-state index in [0.717, 1.165) is 40.8 Å². The third-order valence-corrected chi connectivity index (χ3v) is 4.38. The summed E-state index contributed by atoms with van der Waals surface area (Å²) >= 11 is 0. The number of nitrogens with two attached hydrogens (primary N) is 2. The van der Waals surface area contributed by atoms with Crippen LogP contribution in [-0.4, -0.2) is 16.0 Å². The van der Waals surface area contributed by atoms with Gasteiger partial charge in [-0.2, -0.15) is 0 Å². The summed E-state index contributed by atoms with van der Waals surface area (Å²) in [6, 6.07) is 8.17. The fraction of sp³-hybridized carbons (Fsp3) is 0.316.